The molecule has 22 heavy (non-hydrogen) atoms. The highest BCUT2D eigenvalue weighted by molar-refractivity contribution is 5.95. The van der Waals surface area contributed by atoms with Crippen LogP contribution < -0.4 is 0 Å². The number of piperidine rings is 1. The Morgan fingerprint density at radius 2 is 1.91 bits per heavy atom. The van der Waals surface area contributed by atoms with E-state index in [-0.39, 0.29) is 5.91 Å². The van der Waals surface area contributed by atoms with Gasteiger partial charge in [0.2, 0.25) is 0 Å². The van der Waals surface area contributed by atoms with Gasteiger partial charge in [0.15, 0.2) is 0 Å². The molecule has 4 heteroatoms. The molecule has 0 radical (unpaired) electrons. The van der Waals surface area contributed by atoms with E-state index in [1.165, 1.54) is 0 Å². The summed E-state index contributed by atoms with van der Waals surface area (Å²) in [5.74, 6) is 0.958. The number of fused-ring (bicyclic) bond motifs is 4. The third-order valence-corrected chi connectivity index (χ3v) is 4.83. The first kappa shape index (κ1) is 13.6. The minimum atomic E-state index is 0.155. The van der Waals surface area contributed by atoms with E-state index < -0.39 is 0 Å². The molecule has 3 fully saturated rings. The highest BCUT2D eigenvalue weighted by Gasteiger charge is 2.32. The summed E-state index contributed by atoms with van der Waals surface area (Å²) in [5.41, 5.74) is 1.72. The van der Waals surface area contributed by atoms with Gasteiger partial charge in [0, 0.05) is 43.3 Å². The minimum Gasteiger partial charge on any atom is -0.464 e. The van der Waals surface area contributed by atoms with Crippen LogP contribution in [0.1, 0.15) is 23.2 Å². The van der Waals surface area contributed by atoms with Crippen LogP contribution in [-0.4, -0.2) is 47.9 Å². The van der Waals surface area contributed by atoms with Gasteiger partial charge in [-0.3, -0.25) is 4.79 Å². The average molecular weight is 296 g/mol. The molecule has 1 aromatic carbocycles. The first-order valence-corrected chi connectivity index (χ1v) is 7.98. The summed E-state index contributed by atoms with van der Waals surface area (Å²) in [5, 5.41) is 0. The van der Waals surface area contributed by atoms with Gasteiger partial charge in [-0.1, -0.05) is 12.1 Å². The van der Waals surface area contributed by atoms with Gasteiger partial charge >= 0.3 is 0 Å². The molecule has 3 aliphatic rings. The Morgan fingerprint density at radius 3 is 2.68 bits per heavy atom. The number of amides is 1. The quantitative estimate of drug-likeness (QED) is 0.855. The van der Waals surface area contributed by atoms with Crippen molar-refractivity contribution >= 4 is 5.91 Å². The molecule has 2 bridgehead atoms. The predicted molar refractivity (Wildman–Crippen MR) is 84.6 cm³/mol. The van der Waals surface area contributed by atoms with Crippen LogP contribution >= 0.6 is 0 Å². The average Bonchev–Trinajstić information content (AvgIpc) is 2.95. The fraction of sp³-hybridized carbons (Fsp3) is 0.389. The lowest BCUT2D eigenvalue weighted by atomic mass is 10.0. The summed E-state index contributed by atoms with van der Waals surface area (Å²) >= 11 is 0. The summed E-state index contributed by atoms with van der Waals surface area (Å²) in [6, 6.07) is 12.0. The minimum absolute atomic E-state index is 0.155. The number of hydrogen-bond donors (Lipinski definition) is 0. The molecular weight excluding hydrogens is 276 g/mol. The number of carbonyl (C=O) groups excluding carboxylic acids is 1. The molecular formula is C18H20N2O2. The Labute approximate surface area is 130 Å². The van der Waals surface area contributed by atoms with Gasteiger partial charge in [0.1, 0.15) is 5.76 Å². The smallest absolute Gasteiger partial charge is 0.254 e. The summed E-state index contributed by atoms with van der Waals surface area (Å²) in [7, 11) is 0. The number of nitrogens with zero attached hydrogens (tertiary/aromatic N) is 2. The van der Waals surface area contributed by atoms with Crippen LogP contribution in [0.15, 0.2) is 47.1 Å². The monoisotopic (exact) mass is 296 g/mol. The van der Waals surface area contributed by atoms with Crippen LogP contribution in [0.4, 0.5) is 0 Å². The van der Waals surface area contributed by atoms with Crippen molar-refractivity contribution in [3.63, 3.8) is 0 Å². The van der Waals surface area contributed by atoms with Gasteiger partial charge in [-0.15, -0.1) is 0 Å². The van der Waals surface area contributed by atoms with E-state index in [4.69, 9.17) is 4.42 Å². The molecule has 114 valence electrons. The number of benzene rings is 1. The van der Waals surface area contributed by atoms with E-state index in [0.717, 1.165) is 55.9 Å². The van der Waals surface area contributed by atoms with Crippen LogP contribution in [0.25, 0.3) is 11.3 Å². The van der Waals surface area contributed by atoms with Gasteiger partial charge in [0.25, 0.3) is 5.91 Å². The first-order valence-electron chi connectivity index (χ1n) is 7.98. The summed E-state index contributed by atoms with van der Waals surface area (Å²) in [4.78, 5) is 17.5. The lowest BCUT2D eigenvalue weighted by Gasteiger charge is -2.31. The third kappa shape index (κ3) is 2.44. The summed E-state index contributed by atoms with van der Waals surface area (Å²) < 4.78 is 5.44. The topological polar surface area (TPSA) is 36.7 Å². The number of carbonyl (C=O) groups is 1. The van der Waals surface area contributed by atoms with Crippen molar-refractivity contribution in [3.05, 3.63) is 48.2 Å². The molecule has 4 heterocycles. The van der Waals surface area contributed by atoms with Crippen molar-refractivity contribution in [2.75, 3.05) is 26.2 Å². The molecule has 3 saturated heterocycles. The van der Waals surface area contributed by atoms with E-state index in [9.17, 15) is 4.79 Å². The Kier molecular flexibility index (Phi) is 3.47. The Balaban J connectivity index is 1.61. The molecule has 1 aromatic heterocycles. The highest BCUT2D eigenvalue weighted by atomic mass is 16.3. The van der Waals surface area contributed by atoms with Gasteiger partial charge in [-0.05, 0) is 37.1 Å². The Bertz CT molecular complexity index is 657. The second-order valence-corrected chi connectivity index (χ2v) is 6.13. The van der Waals surface area contributed by atoms with Gasteiger partial charge in [0.05, 0.1) is 6.26 Å². The molecule has 0 N–H and O–H groups in total. The number of rotatable bonds is 2. The second-order valence-electron chi connectivity index (χ2n) is 6.13. The van der Waals surface area contributed by atoms with Crippen molar-refractivity contribution in [1.82, 2.24) is 9.80 Å². The van der Waals surface area contributed by atoms with E-state index >= 15 is 0 Å². The molecule has 0 saturated carbocycles. The van der Waals surface area contributed by atoms with Crippen molar-refractivity contribution in [2.45, 2.75) is 18.9 Å². The van der Waals surface area contributed by atoms with E-state index in [2.05, 4.69) is 9.80 Å². The third-order valence-electron chi connectivity index (χ3n) is 4.83. The largest absolute Gasteiger partial charge is 0.464 e. The number of furan rings is 1. The highest BCUT2D eigenvalue weighted by Crippen LogP contribution is 2.25. The maximum Gasteiger partial charge on any atom is 0.254 e. The van der Waals surface area contributed by atoms with Gasteiger partial charge in [-0.25, -0.2) is 0 Å². The normalized spacial score (nSPS) is 24.3. The molecule has 2 aromatic rings. The molecule has 5 rings (SSSR count). The van der Waals surface area contributed by atoms with Crippen LogP contribution in [0.2, 0.25) is 0 Å². The first-order chi connectivity index (χ1) is 10.8. The van der Waals surface area contributed by atoms with Crippen LogP contribution in [0, 0.1) is 0 Å². The maximum absolute atomic E-state index is 12.9. The van der Waals surface area contributed by atoms with Crippen LogP contribution in [0.3, 0.4) is 0 Å². The SMILES string of the molecule is O=C(c1cccc(-c2ccco2)c1)N1CCN2CCC1CC2. The zero-order valence-electron chi connectivity index (χ0n) is 12.6. The second kappa shape index (κ2) is 5.61. The predicted octanol–water partition coefficient (Wildman–Crippen LogP) is 2.87. The van der Waals surface area contributed by atoms with Crippen molar-refractivity contribution in [1.29, 1.82) is 0 Å². The molecule has 0 aliphatic carbocycles. The van der Waals surface area contributed by atoms with Crippen molar-refractivity contribution in [3.8, 4) is 11.3 Å². The van der Waals surface area contributed by atoms with Crippen molar-refractivity contribution in [2.24, 2.45) is 0 Å². The molecule has 1 amide bonds. The Morgan fingerprint density at radius 1 is 1.05 bits per heavy atom. The zero-order valence-corrected chi connectivity index (χ0v) is 12.6. The van der Waals surface area contributed by atoms with E-state index in [0.29, 0.717) is 6.04 Å². The molecule has 0 spiro atoms. The van der Waals surface area contributed by atoms with E-state index in [1.54, 1.807) is 6.26 Å². The maximum atomic E-state index is 12.9. The lowest BCUT2D eigenvalue weighted by molar-refractivity contribution is 0.0685. The van der Waals surface area contributed by atoms with Crippen molar-refractivity contribution < 1.29 is 9.21 Å². The zero-order chi connectivity index (χ0) is 14.9. The fourth-order valence-electron chi connectivity index (χ4n) is 3.57. The molecule has 0 atom stereocenters. The molecule has 3 aliphatic heterocycles. The summed E-state index contributed by atoms with van der Waals surface area (Å²) in [6.45, 7) is 4.09. The van der Waals surface area contributed by atoms with Crippen LogP contribution in [0.5, 0.6) is 0 Å². The van der Waals surface area contributed by atoms with Gasteiger partial charge < -0.3 is 14.2 Å². The lowest BCUT2D eigenvalue weighted by Crippen LogP contribution is -2.41. The Hall–Kier alpha value is -2.07. The number of hydrogen-bond acceptors (Lipinski definition) is 3. The van der Waals surface area contributed by atoms with E-state index in [1.807, 2.05) is 36.4 Å². The fourth-order valence-corrected chi connectivity index (χ4v) is 3.57. The van der Waals surface area contributed by atoms with Crippen LogP contribution in [-0.2, 0) is 0 Å². The molecule has 4 nitrogen and oxygen atoms in total. The van der Waals surface area contributed by atoms with Gasteiger partial charge in [-0.2, -0.15) is 0 Å². The molecule has 0 unspecified atom stereocenters. The standard InChI is InChI=1S/C18H20N2O2/c21-18(20-11-10-19-8-6-16(20)7-9-19)15-4-1-3-14(13-15)17-5-2-12-22-17/h1-5,12-13,16H,6-11H2. The summed E-state index contributed by atoms with van der Waals surface area (Å²) in [6.07, 6.45) is 3.86.